The lowest BCUT2D eigenvalue weighted by atomic mass is 10.3. The monoisotopic (exact) mass is 302 g/mol. The minimum Gasteiger partial charge on any atom is -0.379 e. The third kappa shape index (κ3) is 3.13. The van der Waals surface area contributed by atoms with Crippen molar-refractivity contribution in [2.75, 3.05) is 39.4 Å². The van der Waals surface area contributed by atoms with Crippen LogP contribution in [-0.4, -0.2) is 59.6 Å². The molecule has 22 heavy (non-hydrogen) atoms. The molecule has 6 nitrogen and oxygen atoms in total. The molecule has 1 fully saturated rings. The molecule has 2 aromatic rings. The Morgan fingerprint density at radius 1 is 1.36 bits per heavy atom. The van der Waals surface area contributed by atoms with Crippen molar-refractivity contribution in [3.8, 4) is 0 Å². The molecule has 3 heterocycles. The second-order valence-electron chi connectivity index (χ2n) is 5.67. The van der Waals surface area contributed by atoms with E-state index in [0.717, 1.165) is 49.9 Å². The molecule has 118 valence electrons. The van der Waals surface area contributed by atoms with E-state index in [4.69, 9.17) is 4.74 Å². The summed E-state index contributed by atoms with van der Waals surface area (Å²) in [4.78, 5) is 19.2. The van der Waals surface area contributed by atoms with Crippen molar-refractivity contribution in [3.63, 3.8) is 0 Å². The van der Waals surface area contributed by atoms with Crippen molar-refractivity contribution in [2.45, 2.75) is 13.8 Å². The molecule has 0 aromatic carbocycles. The number of morpholine rings is 1. The Morgan fingerprint density at radius 3 is 2.91 bits per heavy atom. The summed E-state index contributed by atoms with van der Waals surface area (Å²) in [6, 6.07) is 3.84. The third-order valence-electron chi connectivity index (χ3n) is 4.00. The standard InChI is InChI=1S/C16H22N4O2/c1-12-11-13(2)20-5-3-14(15(20)18-12)16(21)17-4-6-19-7-9-22-10-8-19/h3,5,11H,4,6-10H2,1-2H3,(H,17,21). The quantitative estimate of drug-likeness (QED) is 0.916. The van der Waals surface area contributed by atoms with Gasteiger partial charge in [0.25, 0.3) is 5.91 Å². The van der Waals surface area contributed by atoms with Crippen molar-refractivity contribution in [1.29, 1.82) is 0 Å². The minimum absolute atomic E-state index is 0.0618. The molecule has 1 N–H and O–H groups in total. The van der Waals surface area contributed by atoms with Gasteiger partial charge in [-0.25, -0.2) is 4.98 Å². The van der Waals surface area contributed by atoms with Crippen molar-refractivity contribution < 1.29 is 9.53 Å². The zero-order valence-electron chi connectivity index (χ0n) is 13.1. The number of aryl methyl sites for hydroxylation is 2. The molecule has 0 spiro atoms. The van der Waals surface area contributed by atoms with Gasteiger partial charge in [0.05, 0.1) is 18.8 Å². The predicted octanol–water partition coefficient (Wildman–Crippen LogP) is 1.01. The van der Waals surface area contributed by atoms with E-state index in [9.17, 15) is 4.79 Å². The first kappa shape index (κ1) is 15.0. The van der Waals surface area contributed by atoms with E-state index in [1.807, 2.05) is 36.6 Å². The molecule has 6 heteroatoms. The lowest BCUT2D eigenvalue weighted by molar-refractivity contribution is 0.0383. The number of rotatable bonds is 4. The summed E-state index contributed by atoms with van der Waals surface area (Å²) >= 11 is 0. The van der Waals surface area contributed by atoms with Gasteiger partial charge in [0.1, 0.15) is 5.65 Å². The van der Waals surface area contributed by atoms with Crippen molar-refractivity contribution in [3.05, 3.63) is 35.3 Å². The van der Waals surface area contributed by atoms with E-state index in [1.54, 1.807) is 0 Å². The molecule has 0 unspecified atom stereocenters. The number of aromatic nitrogens is 2. The molecule has 2 aromatic heterocycles. The lowest BCUT2D eigenvalue weighted by Gasteiger charge is -2.26. The van der Waals surface area contributed by atoms with Gasteiger partial charge in [0.2, 0.25) is 0 Å². The molecular formula is C16H22N4O2. The number of hydrogen-bond acceptors (Lipinski definition) is 4. The largest absolute Gasteiger partial charge is 0.379 e. The van der Waals surface area contributed by atoms with Gasteiger partial charge in [0, 0.05) is 43.8 Å². The Bertz CT molecular complexity index is 674. The van der Waals surface area contributed by atoms with Crippen LogP contribution >= 0.6 is 0 Å². The number of hydrogen-bond donors (Lipinski definition) is 1. The van der Waals surface area contributed by atoms with E-state index in [-0.39, 0.29) is 5.91 Å². The van der Waals surface area contributed by atoms with Crippen LogP contribution in [0.2, 0.25) is 0 Å². The topological polar surface area (TPSA) is 58.9 Å². The van der Waals surface area contributed by atoms with Crippen LogP contribution in [0.1, 0.15) is 21.7 Å². The maximum atomic E-state index is 12.4. The highest BCUT2D eigenvalue weighted by atomic mass is 16.5. The highest BCUT2D eigenvalue weighted by Crippen LogP contribution is 2.14. The number of fused-ring (bicyclic) bond motifs is 1. The van der Waals surface area contributed by atoms with Crippen LogP contribution in [-0.2, 0) is 4.74 Å². The van der Waals surface area contributed by atoms with Gasteiger partial charge in [-0.05, 0) is 26.0 Å². The van der Waals surface area contributed by atoms with E-state index >= 15 is 0 Å². The van der Waals surface area contributed by atoms with Gasteiger partial charge in [-0.2, -0.15) is 0 Å². The fourth-order valence-corrected chi connectivity index (χ4v) is 2.82. The fourth-order valence-electron chi connectivity index (χ4n) is 2.82. The zero-order valence-corrected chi connectivity index (χ0v) is 13.1. The van der Waals surface area contributed by atoms with E-state index in [2.05, 4.69) is 15.2 Å². The van der Waals surface area contributed by atoms with Gasteiger partial charge < -0.3 is 14.5 Å². The summed E-state index contributed by atoms with van der Waals surface area (Å²) in [6.45, 7) is 8.88. The molecule has 3 rings (SSSR count). The zero-order chi connectivity index (χ0) is 15.5. The maximum absolute atomic E-state index is 12.4. The molecule has 1 saturated heterocycles. The van der Waals surface area contributed by atoms with Gasteiger partial charge in [-0.15, -0.1) is 0 Å². The highest BCUT2D eigenvalue weighted by Gasteiger charge is 2.15. The van der Waals surface area contributed by atoms with Crippen molar-refractivity contribution in [1.82, 2.24) is 19.6 Å². The van der Waals surface area contributed by atoms with Crippen molar-refractivity contribution in [2.24, 2.45) is 0 Å². The Hall–Kier alpha value is -1.92. The van der Waals surface area contributed by atoms with Crippen LogP contribution in [0.3, 0.4) is 0 Å². The molecule has 0 saturated carbocycles. The smallest absolute Gasteiger partial charge is 0.255 e. The molecule has 0 atom stereocenters. The molecule has 1 aliphatic heterocycles. The number of carbonyl (C=O) groups excluding carboxylic acids is 1. The fraction of sp³-hybridized carbons (Fsp3) is 0.500. The summed E-state index contributed by atoms with van der Waals surface area (Å²) < 4.78 is 7.26. The minimum atomic E-state index is -0.0618. The Morgan fingerprint density at radius 2 is 2.14 bits per heavy atom. The first-order valence-electron chi connectivity index (χ1n) is 7.69. The normalized spacial score (nSPS) is 16.1. The van der Waals surface area contributed by atoms with Crippen LogP contribution in [0.25, 0.3) is 5.65 Å². The number of nitrogens with zero attached hydrogens (tertiary/aromatic N) is 3. The van der Waals surface area contributed by atoms with E-state index in [1.165, 1.54) is 0 Å². The summed E-state index contributed by atoms with van der Waals surface area (Å²) in [5, 5.41) is 2.99. The average Bonchev–Trinajstić information content (AvgIpc) is 2.92. The molecule has 0 aliphatic carbocycles. The summed E-state index contributed by atoms with van der Waals surface area (Å²) in [5.74, 6) is -0.0618. The van der Waals surface area contributed by atoms with E-state index < -0.39 is 0 Å². The summed E-state index contributed by atoms with van der Waals surface area (Å²) in [5.41, 5.74) is 3.36. The SMILES string of the molecule is Cc1cc(C)n2ccc(C(=O)NCCN3CCOCC3)c2n1. The molecular weight excluding hydrogens is 280 g/mol. The third-order valence-corrected chi connectivity index (χ3v) is 4.00. The first-order valence-corrected chi connectivity index (χ1v) is 7.69. The molecule has 0 bridgehead atoms. The highest BCUT2D eigenvalue weighted by molar-refractivity contribution is 6.00. The molecule has 1 aliphatic rings. The first-order chi connectivity index (χ1) is 10.6. The van der Waals surface area contributed by atoms with Crippen LogP contribution < -0.4 is 5.32 Å². The average molecular weight is 302 g/mol. The Labute approximate surface area is 130 Å². The lowest BCUT2D eigenvalue weighted by Crippen LogP contribution is -2.41. The summed E-state index contributed by atoms with van der Waals surface area (Å²) in [6.07, 6.45) is 1.90. The van der Waals surface area contributed by atoms with Gasteiger partial charge in [-0.1, -0.05) is 0 Å². The van der Waals surface area contributed by atoms with Crippen molar-refractivity contribution >= 4 is 11.6 Å². The summed E-state index contributed by atoms with van der Waals surface area (Å²) in [7, 11) is 0. The van der Waals surface area contributed by atoms with Gasteiger partial charge >= 0.3 is 0 Å². The van der Waals surface area contributed by atoms with Crippen LogP contribution in [0, 0.1) is 13.8 Å². The number of ether oxygens (including phenoxy) is 1. The van der Waals surface area contributed by atoms with Crippen LogP contribution in [0.4, 0.5) is 0 Å². The maximum Gasteiger partial charge on any atom is 0.255 e. The Kier molecular flexibility index (Phi) is 4.40. The van der Waals surface area contributed by atoms with Crippen LogP contribution in [0.5, 0.6) is 0 Å². The second kappa shape index (κ2) is 6.46. The Balaban J connectivity index is 1.65. The number of nitrogens with one attached hydrogen (secondary N) is 1. The molecule has 0 radical (unpaired) electrons. The van der Waals surface area contributed by atoms with Crippen LogP contribution in [0.15, 0.2) is 18.3 Å². The second-order valence-corrected chi connectivity index (χ2v) is 5.67. The van der Waals surface area contributed by atoms with Gasteiger partial charge in [-0.3, -0.25) is 9.69 Å². The molecule has 1 amide bonds. The van der Waals surface area contributed by atoms with Gasteiger partial charge in [0.15, 0.2) is 0 Å². The number of carbonyl (C=O) groups is 1. The predicted molar refractivity (Wildman–Crippen MR) is 84.3 cm³/mol. The number of amides is 1. The van der Waals surface area contributed by atoms with E-state index in [0.29, 0.717) is 12.1 Å².